The van der Waals surface area contributed by atoms with Crippen LogP contribution in [0.25, 0.3) is 0 Å². The topological polar surface area (TPSA) is 92.6 Å². The largest absolute Gasteiger partial charge is 0.454 e. The Labute approximate surface area is 177 Å². The third-order valence-corrected chi connectivity index (χ3v) is 3.98. The molecule has 2 aromatic rings. The van der Waals surface area contributed by atoms with Gasteiger partial charge < -0.3 is 20.8 Å². The number of carbonyl (C=O) groups is 1. The fourth-order valence-corrected chi connectivity index (χ4v) is 2.54. The molecule has 0 spiro atoms. The first-order valence-corrected chi connectivity index (χ1v) is 8.56. The normalized spacial score (nSPS) is 11.0. The van der Waals surface area contributed by atoms with E-state index in [2.05, 4.69) is 31.6 Å². The van der Waals surface area contributed by atoms with E-state index in [-0.39, 0.29) is 35.6 Å². The van der Waals surface area contributed by atoms with Gasteiger partial charge in [0.05, 0.1) is 6.54 Å². The second-order valence-electron chi connectivity index (χ2n) is 5.32. The van der Waals surface area contributed by atoms with Crippen LogP contribution in [0.2, 0.25) is 0 Å². The van der Waals surface area contributed by atoms with Gasteiger partial charge in [-0.15, -0.1) is 24.0 Å². The summed E-state index contributed by atoms with van der Waals surface area (Å²) in [6.45, 7) is 1.01. The first-order valence-electron chi connectivity index (χ1n) is 7.76. The van der Waals surface area contributed by atoms with Crippen LogP contribution in [0.3, 0.4) is 0 Å². The van der Waals surface area contributed by atoms with Crippen LogP contribution in [0.5, 0.6) is 0 Å². The molecule has 9 heteroatoms. The molecule has 0 aliphatic carbocycles. The average Bonchev–Trinajstić information content (AvgIpc) is 3.05. The van der Waals surface area contributed by atoms with E-state index in [0.717, 1.165) is 10.9 Å². The third-order valence-electron chi connectivity index (χ3n) is 3.49. The number of aryl methyl sites for hydroxylation is 1. The van der Waals surface area contributed by atoms with Gasteiger partial charge in [-0.25, -0.2) is 4.39 Å². The fraction of sp³-hybridized carbons (Fsp3) is 0.294. The molecule has 1 amide bonds. The summed E-state index contributed by atoms with van der Waals surface area (Å²) in [5, 5.41) is 6.21. The SMILES string of the molecule is CN=C(NCCCc1ccc(Br)cc1F)NCc1ccc(C(N)=O)o1.I. The first-order chi connectivity index (χ1) is 12.0. The Hall–Kier alpha value is -1.62. The first kappa shape index (κ1) is 22.4. The van der Waals surface area contributed by atoms with Gasteiger partial charge in [0.15, 0.2) is 11.7 Å². The van der Waals surface area contributed by atoms with Crippen molar-refractivity contribution in [1.29, 1.82) is 0 Å². The number of benzene rings is 1. The molecule has 0 radical (unpaired) electrons. The Balaban J connectivity index is 0.00000338. The van der Waals surface area contributed by atoms with Crippen molar-refractivity contribution in [2.24, 2.45) is 10.7 Å². The van der Waals surface area contributed by atoms with E-state index in [0.29, 0.717) is 36.8 Å². The molecule has 0 unspecified atom stereocenters. The summed E-state index contributed by atoms with van der Waals surface area (Å²) >= 11 is 3.24. The van der Waals surface area contributed by atoms with Crippen molar-refractivity contribution in [1.82, 2.24) is 10.6 Å². The van der Waals surface area contributed by atoms with Gasteiger partial charge in [0.25, 0.3) is 5.91 Å². The maximum atomic E-state index is 13.7. The Morgan fingerprint density at radius 1 is 1.31 bits per heavy atom. The van der Waals surface area contributed by atoms with E-state index in [1.807, 2.05) is 6.07 Å². The maximum Gasteiger partial charge on any atom is 0.284 e. The van der Waals surface area contributed by atoms with Crippen LogP contribution in [0.1, 0.15) is 28.3 Å². The predicted octanol–water partition coefficient (Wildman–Crippen LogP) is 3.20. The van der Waals surface area contributed by atoms with Gasteiger partial charge in [-0.2, -0.15) is 0 Å². The molecule has 26 heavy (non-hydrogen) atoms. The Bertz CT molecular complexity index is 767. The van der Waals surface area contributed by atoms with Crippen molar-refractivity contribution < 1.29 is 13.6 Å². The summed E-state index contributed by atoms with van der Waals surface area (Å²) < 4.78 is 19.8. The van der Waals surface area contributed by atoms with E-state index in [1.54, 1.807) is 19.2 Å². The van der Waals surface area contributed by atoms with Gasteiger partial charge in [-0.3, -0.25) is 9.79 Å². The summed E-state index contributed by atoms with van der Waals surface area (Å²) in [6.07, 6.45) is 1.38. The average molecular weight is 539 g/mol. The summed E-state index contributed by atoms with van der Waals surface area (Å²) in [6, 6.07) is 8.28. The second-order valence-corrected chi connectivity index (χ2v) is 6.24. The van der Waals surface area contributed by atoms with Gasteiger partial charge in [-0.05, 0) is 42.7 Å². The van der Waals surface area contributed by atoms with Crippen LogP contribution in [-0.4, -0.2) is 25.5 Å². The molecular weight excluding hydrogens is 518 g/mol. The van der Waals surface area contributed by atoms with Crippen LogP contribution in [0, 0.1) is 5.82 Å². The molecular formula is C17H21BrFIN4O2. The van der Waals surface area contributed by atoms with Crippen molar-refractivity contribution in [2.75, 3.05) is 13.6 Å². The predicted molar refractivity (Wildman–Crippen MR) is 113 cm³/mol. The number of nitrogens with zero attached hydrogens (tertiary/aromatic N) is 1. The molecule has 1 heterocycles. The molecule has 0 atom stereocenters. The number of carbonyl (C=O) groups excluding carboxylic acids is 1. The number of nitrogens with one attached hydrogen (secondary N) is 2. The number of aliphatic imine (C=N–C) groups is 1. The van der Waals surface area contributed by atoms with Crippen LogP contribution in [-0.2, 0) is 13.0 Å². The van der Waals surface area contributed by atoms with Crippen LogP contribution >= 0.6 is 39.9 Å². The lowest BCUT2D eigenvalue weighted by Gasteiger charge is -2.11. The number of amides is 1. The third kappa shape index (κ3) is 6.94. The molecule has 2 rings (SSSR count). The zero-order valence-electron chi connectivity index (χ0n) is 14.2. The number of primary amides is 1. The van der Waals surface area contributed by atoms with E-state index in [4.69, 9.17) is 10.2 Å². The summed E-state index contributed by atoms with van der Waals surface area (Å²) in [5.41, 5.74) is 5.82. The number of rotatable bonds is 7. The Morgan fingerprint density at radius 3 is 2.69 bits per heavy atom. The van der Waals surface area contributed by atoms with Crippen molar-refractivity contribution in [3.05, 3.63) is 57.7 Å². The quantitative estimate of drug-likeness (QED) is 0.218. The van der Waals surface area contributed by atoms with Crippen molar-refractivity contribution in [3.8, 4) is 0 Å². The van der Waals surface area contributed by atoms with Gasteiger partial charge in [-0.1, -0.05) is 22.0 Å². The van der Waals surface area contributed by atoms with Gasteiger partial charge in [0, 0.05) is 18.1 Å². The molecule has 6 nitrogen and oxygen atoms in total. The van der Waals surface area contributed by atoms with E-state index >= 15 is 0 Å². The smallest absolute Gasteiger partial charge is 0.284 e. The van der Waals surface area contributed by atoms with Crippen molar-refractivity contribution >= 4 is 51.8 Å². The molecule has 0 saturated heterocycles. The number of halogens is 3. The van der Waals surface area contributed by atoms with E-state index in [1.165, 1.54) is 12.1 Å². The lowest BCUT2D eigenvalue weighted by Crippen LogP contribution is -2.37. The van der Waals surface area contributed by atoms with Crippen molar-refractivity contribution in [2.45, 2.75) is 19.4 Å². The van der Waals surface area contributed by atoms with E-state index < -0.39 is 5.91 Å². The minimum Gasteiger partial charge on any atom is -0.454 e. The highest BCUT2D eigenvalue weighted by molar-refractivity contribution is 14.0. The zero-order valence-corrected chi connectivity index (χ0v) is 18.1. The van der Waals surface area contributed by atoms with Crippen LogP contribution in [0.4, 0.5) is 4.39 Å². The van der Waals surface area contributed by atoms with Crippen molar-refractivity contribution in [3.63, 3.8) is 0 Å². The van der Waals surface area contributed by atoms with E-state index in [9.17, 15) is 9.18 Å². The van der Waals surface area contributed by atoms with Crippen LogP contribution < -0.4 is 16.4 Å². The molecule has 0 fully saturated rings. The van der Waals surface area contributed by atoms with Gasteiger partial charge in [0.2, 0.25) is 0 Å². The molecule has 142 valence electrons. The number of hydrogen-bond acceptors (Lipinski definition) is 3. The number of furan rings is 1. The molecule has 4 N–H and O–H groups in total. The number of guanidine groups is 1. The highest BCUT2D eigenvalue weighted by Gasteiger charge is 2.07. The Kier molecular flexibility index (Phi) is 9.63. The minimum atomic E-state index is -0.603. The lowest BCUT2D eigenvalue weighted by atomic mass is 10.1. The summed E-state index contributed by atoms with van der Waals surface area (Å²) in [7, 11) is 1.65. The maximum absolute atomic E-state index is 13.7. The zero-order chi connectivity index (χ0) is 18.2. The summed E-state index contributed by atoms with van der Waals surface area (Å²) in [4.78, 5) is 15.1. The molecule has 0 bridgehead atoms. The fourth-order valence-electron chi connectivity index (χ4n) is 2.21. The van der Waals surface area contributed by atoms with Crippen LogP contribution in [0.15, 0.2) is 44.2 Å². The lowest BCUT2D eigenvalue weighted by molar-refractivity contribution is 0.0972. The van der Waals surface area contributed by atoms with Gasteiger partial charge in [0.1, 0.15) is 11.6 Å². The van der Waals surface area contributed by atoms with Gasteiger partial charge >= 0.3 is 0 Å². The number of hydrogen-bond donors (Lipinski definition) is 3. The monoisotopic (exact) mass is 538 g/mol. The molecule has 1 aromatic heterocycles. The minimum absolute atomic E-state index is 0. The second kappa shape index (κ2) is 11.2. The molecule has 1 aromatic carbocycles. The molecule has 0 saturated carbocycles. The molecule has 0 aliphatic rings. The summed E-state index contributed by atoms with van der Waals surface area (Å²) in [5.74, 6) is 0.479. The highest BCUT2D eigenvalue weighted by atomic mass is 127. The highest BCUT2D eigenvalue weighted by Crippen LogP contribution is 2.16. The molecule has 0 aliphatic heterocycles. The Morgan fingerprint density at radius 2 is 2.08 bits per heavy atom. The number of nitrogens with two attached hydrogens (primary N) is 1. The standard InChI is InChI=1S/C17H20BrFN4O2.HI/c1-21-17(23-10-13-6-7-15(25-13)16(20)24)22-8-2-3-11-4-5-12(18)9-14(11)19;/h4-7,9H,2-3,8,10H2,1H3,(H2,20,24)(H2,21,22,23);1H.